The smallest absolute Gasteiger partial charge is 0.416 e. The van der Waals surface area contributed by atoms with Crippen LogP contribution in [0.3, 0.4) is 0 Å². The van der Waals surface area contributed by atoms with E-state index in [0.29, 0.717) is 5.56 Å². The highest BCUT2D eigenvalue weighted by molar-refractivity contribution is 5.87. The number of hydrogen-bond acceptors (Lipinski definition) is 3. The first-order valence-electron chi connectivity index (χ1n) is 9.68. The highest BCUT2D eigenvalue weighted by Crippen LogP contribution is 2.30. The number of aliphatic hydroxyl groups is 1. The molecule has 166 valence electrons. The SMILES string of the molecule is O=C(O)[C@H](Cc1ccc(-c2ccccc2)cc1)NC(=O)[C@@H](O)c1ccc(C(F)(F)F)cc1. The second-order valence-electron chi connectivity index (χ2n) is 7.19. The lowest BCUT2D eigenvalue weighted by Crippen LogP contribution is -2.44. The van der Waals surface area contributed by atoms with Crippen LogP contribution in [0, 0.1) is 0 Å². The van der Waals surface area contributed by atoms with Gasteiger partial charge in [0.1, 0.15) is 6.04 Å². The number of carbonyl (C=O) groups excluding carboxylic acids is 1. The van der Waals surface area contributed by atoms with Crippen molar-refractivity contribution in [2.45, 2.75) is 24.7 Å². The lowest BCUT2D eigenvalue weighted by Gasteiger charge is -2.18. The number of carboxylic acid groups (broad SMARTS) is 1. The second-order valence-corrected chi connectivity index (χ2v) is 7.19. The van der Waals surface area contributed by atoms with E-state index < -0.39 is 35.8 Å². The molecule has 0 unspecified atom stereocenters. The number of halogens is 3. The average Bonchev–Trinajstić information content (AvgIpc) is 2.78. The number of alkyl halides is 3. The van der Waals surface area contributed by atoms with Gasteiger partial charge in [0.2, 0.25) is 0 Å². The van der Waals surface area contributed by atoms with Crippen molar-refractivity contribution in [3.63, 3.8) is 0 Å². The molecule has 3 aromatic carbocycles. The van der Waals surface area contributed by atoms with Crippen LogP contribution in [0.1, 0.15) is 22.8 Å². The van der Waals surface area contributed by atoms with E-state index in [-0.39, 0.29) is 12.0 Å². The normalized spacial score (nSPS) is 13.2. The summed E-state index contributed by atoms with van der Waals surface area (Å²) < 4.78 is 38.0. The van der Waals surface area contributed by atoms with Crippen LogP contribution in [0.2, 0.25) is 0 Å². The number of carbonyl (C=O) groups is 2. The molecule has 0 bridgehead atoms. The molecule has 0 aromatic heterocycles. The molecule has 1 amide bonds. The largest absolute Gasteiger partial charge is 0.480 e. The molecular formula is C24H20F3NO4. The van der Waals surface area contributed by atoms with Gasteiger partial charge in [0.15, 0.2) is 6.10 Å². The number of hydrogen-bond donors (Lipinski definition) is 3. The summed E-state index contributed by atoms with van der Waals surface area (Å²) in [6, 6.07) is 18.9. The molecule has 3 aromatic rings. The minimum Gasteiger partial charge on any atom is -0.480 e. The third-order valence-electron chi connectivity index (χ3n) is 4.92. The zero-order valence-corrected chi connectivity index (χ0v) is 16.7. The van der Waals surface area contributed by atoms with Crippen LogP contribution >= 0.6 is 0 Å². The van der Waals surface area contributed by atoms with Crippen LogP contribution < -0.4 is 5.32 Å². The van der Waals surface area contributed by atoms with Gasteiger partial charge < -0.3 is 15.5 Å². The molecular weight excluding hydrogens is 423 g/mol. The van der Waals surface area contributed by atoms with E-state index in [1.54, 1.807) is 12.1 Å². The van der Waals surface area contributed by atoms with E-state index in [1.807, 2.05) is 42.5 Å². The minimum atomic E-state index is -4.55. The Morgan fingerprint density at radius 1 is 0.844 bits per heavy atom. The Balaban J connectivity index is 1.67. The quantitative estimate of drug-likeness (QED) is 0.511. The summed E-state index contributed by atoms with van der Waals surface area (Å²) in [4.78, 5) is 23.9. The van der Waals surface area contributed by atoms with Crippen molar-refractivity contribution < 1.29 is 33.0 Å². The number of nitrogens with one attached hydrogen (secondary N) is 1. The number of amides is 1. The number of benzene rings is 3. The van der Waals surface area contributed by atoms with E-state index in [0.717, 1.165) is 35.4 Å². The molecule has 0 aliphatic carbocycles. The van der Waals surface area contributed by atoms with Gasteiger partial charge in [-0.25, -0.2) is 4.79 Å². The molecule has 3 rings (SSSR count). The van der Waals surface area contributed by atoms with E-state index in [9.17, 15) is 33.0 Å². The minimum absolute atomic E-state index is 0.0319. The Kier molecular flexibility index (Phi) is 6.95. The maximum Gasteiger partial charge on any atom is 0.416 e. The maximum absolute atomic E-state index is 12.7. The highest BCUT2D eigenvalue weighted by Gasteiger charge is 2.31. The molecule has 0 heterocycles. The first-order valence-corrected chi connectivity index (χ1v) is 9.68. The zero-order chi connectivity index (χ0) is 23.3. The standard InChI is InChI=1S/C24H20F3NO4/c25-24(26,27)19-12-10-18(11-13-19)21(29)22(30)28-20(23(31)32)14-15-6-8-17(9-7-15)16-4-2-1-3-5-16/h1-13,20-21,29H,14H2,(H,28,30)(H,31,32)/t20-,21-/m0/s1. The fraction of sp³-hybridized carbons (Fsp3) is 0.167. The summed E-state index contributed by atoms with van der Waals surface area (Å²) in [6.45, 7) is 0. The predicted molar refractivity (Wildman–Crippen MR) is 112 cm³/mol. The monoisotopic (exact) mass is 443 g/mol. The van der Waals surface area contributed by atoms with Gasteiger partial charge in [-0.1, -0.05) is 66.7 Å². The lowest BCUT2D eigenvalue weighted by atomic mass is 10.00. The molecule has 0 aliphatic heterocycles. The second kappa shape index (κ2) is 9.65. The summed E-state index contributed by atoms with van der Waals surface area (Å²) in [5.41, 5.74) is 1.61. The molecule has 2 atom stereocenters. The fourth-order valence-corrected chi connectivity index (χ4v) is 3.16. The van der Waals surface area contributed by atoms with Crippen LogP contribution in [-0.4, -0.2) is 28.1 Å². The van der Waals surface area contributed by atoms with Crippen molar-refractivity contribution in [1.82, 2.24) is 5.32 Å². The molecule has 0 spiro atoms. The van der Waals surface area contributed by atoms with Gasteiger partial charge in [0.05, 0.1) is 5.56 Å². The molecule has 5 nitrogen and oxygen atoms in total. The van der Waals surface area contributed by atoms with Crippen molar-refractivity contribution in [2.24, 2.45) is 0 Å². The Bertz CT molecular complexity index is 1070. The van der Waals surface area contributed by atoms with Crippen molar-refractivity contribution in [3.05, 3.63) is 95.6 Å². The van der Waals surface area contributed by atoms with E-state index >= 15 is 0 Å². The average molecular weight is 443 g/mol. The molecule has 0 fully saturated rings. The fourth-order valence-electron chi connectivity index (χ4n) is 3.16. The Hall–Kier alpha value is -3.65. The Labute approximate surface area is 182 Å². The lowest BCUT2D eigenvalue weighted by molar-refractivity contribution is -0.143. The highest BCUT2D eigenvalue weighted by atomic mass is 19.4. The van der Waals surface area contributed by atoms with Crippen LogP contribution in [0.5, 0.6) is 0 Å². The van der Waals surface area contributed by atoms with E-state index in [4.69, 9.17) is 0 Å². The van der Waals surface area contributed by atoms with E-state index in [1.165, 1.54) is 0 Å². The van der Waals surface area contributed by atoms with Crippen molar-refractivity contribution in [1.29, 1.82) is 0 Å². The van der Waals surface area contributed by atoms with Gasteiger partial charge in [-0.15, -0.1) is 0 Å². The summed E-state index contributed by atoms with van der Waals surface area (Å²) >= 11 is 0. The first-order chi connectivity index (χ1) is 15.1. The molecule has 0 aliphatic rings. The topological polar surface area (TPSA) is 86.6 Å². The van der Waals surface area contributed by atoms with Crippen molar-refractivity contribution in [2.75, 3.05) is 0 Å². The van der Waals surface area contributed by atoms with E-state index in [2.05, 4.69) is 5.32 Å². The molecule has 3 N–H and O–H groups in total. The Morgan fingerprint density at radius 2 is 1.41 bits per heavy atom. The van der Waals surface area contributed by atoms with Gasteiger partial charge in [-0.2, -0.15) is 13.2 Å². The number of rotatable bonds is 7. The molecule has 0 saturated heterocycles. The molecule has 8 heteroatoms. The number of carboxylic acids is 1. The van der Waals surface area contributed by atoms with Crippen LogP contribution in [0.25, 0.3) is 11.1 Å². The van der Waals surface area contributed by atoms with Crippen LogP contribution in [0.4, 0.5) is 13.2 Å². The summed E-state index contributed by atoms with van der Waals surface area (Å²) in [6.07, 6.45) is -6.38. The van der Waals surface area contributed by atoms with Crippen LogP contribution in [-0.2, 0) is 22.2 Å². The number of aliphatic carboxylic acids is 1. The zero-order valence-electron chi connectivity index (χ0n) is 16.7. The van der Waals surface area contributed by atoms with Gasteiger partial charge >= 0.3 is 12.1 Å². The van der Waals surface area contributed by atoms with Gasteiger partial charge in [0.25, 0.3) is 5.91 Å². The molecule has 0 saturated carbocycles. The number of aliphatic hydroxyl groups excluding tert-OH is 1. The van der Waals surface area contributed by atoms with Crippen LogP contribution in [0.15, 0.2) is 78.9 Å². The first kappa shape index (κ1) is 23.0. The van der Waals surface area contributed by atoms with Crippen molar-refractivity contribution >= 4 is 11.9 Å². The third-order valence-corrected chi connectivity index (χ3v) is 4.92. The third kappa shape index (κ3) is 5.73. The summed E-state index contributed by atoms with van der Waals surface area (Å²) in [5.74, 6) is -2.32. The molecule has 32 heavy (non-hydrogen) atoms. The summed E-state index contributed by atoms with van der Waals surface area (Å²) in [5, 5.41) is 21.9. The summed E-state index contributed by atoms with van der Waals surface area (Å²) in [7, 11) is 0. The Morgan fingerprint density at radius 3 is 1.94 bits per heavy atom. The van der Waals surface area contributed by atoms with Gasteiger partial charge in [0, 0.05) is 6.42 Å². The maximum atomic E-state index is 12.7. The van der Waals surface area contributed by atoms with Gasteiger partial charge in [-0.3, -0.25) is 4.79 Å². The van der Waals surface area contributed by atoms with Crippen molar-refractivity contribution in [3.8, 4) is 11.1 Å². The predicted octanol–water partition coefficient (Wildman–Crippen LogP) is 4.22. The molecule has 0 radical (unpaired) electrons. The van der Waals surface area contributed by atoms with Gasteiger partial charge in [-0.05, 0) is 34.4 Å².